The number of rotatable bonds is 4. The van der Waals surface area contributed by atoms with Crippen molar-refractivity contribution in [2.75, 3.05) is 0 Å². The first-order valence-corrected chi connectivity index (χ1v) is 7.18. The summed E-state index contributed by atoms with van der Waals surface area (Å²) in [5.74, 6) is 1.42. The quantitative estimate of drug-likeness (QED) is 0.927. The van der Waals surface area contributed by atoms with Crippen LogP contribution in [-0.2, 0) is 0 Å². The van der Waals surface area contributed by atoms with Crippen molar-refractivity contribution in [3.63, 3.8) is 0 Å². The summed E-state index contributed by atoms with van der Waals surface area (Å²) in [6, 6.07) is 5.76. The van der Waals surface area contributed by atoms with Crippen LogP contribution in [0.4, 0.5) is 0 Å². The van der Waals surface area contributed by atoms with Crippen LogP contribution in [0.3, 0.4) is 0 Å². The van der Waals surface area contributed by atoms with Crippen LogP contribution in [0.25, 0.3) is 11.4 Å². The number of nitrogens with two attached hydrogens (primary N) is 1. The standard InChI is InChI=1S/C14H18BrN3O/c1-4-8(2)12(16)14-17-13(18-19-14)11-6-5-10(15)7-9(11)3/h5-8,12H,4,16H2,1-3H3/t8-,12-/m0/s1. The van der Waals surface area contributed by atoms with Gasteiger partial charge in [-0.1, -0.05) is 41.4 Å². The molecule has 0 amide bonds. The average Bonchev–Trinajstić information content (AvgIpc) is 2.86. The molecule has 0 unspecified atom stereocenters. The van der Waals surface area contributed by atoms with Gasteiger partial charge >= 0.3 is 0 Å². The van der Waals surface area contributed by atoms with Crippen molar-refractivity contribution in [1.29, 1.82) is 0 Å². The van der Waals surface area contributed by atoms with Crippen LogP contribution in [0.2, 0.25) is 0 Å². The number of hydrogen-bond donors (Lipinski definition) is 1. The van der Waals surface area contributed by atoms with Gasteiger partial charge in [0.05, 0.1) is 6.04 Å². The van der Waals surface area contributed by atoms with E-state index in [1.807, 2.05) is 25.1 Å². The van der Waals surface area contributed by atoms with Gasteiger partial charge in [0.2, 0.25) is 11.7 Å². The molecule has 0 saturated heterocycles. The summed E-state index contributed by atoms with van der Waals surface area (Å²) in [6.45, 7) is 6.20. The Morgan fingerprint density at radius 1 is 1.42 bits per heavy atom. The Bertz CT molecular complexity index is 568. The molecular formula is C14H18BrN3O. The predicted molar refractivity (Wildman–Crippen MR) is 78.6 cm³/mol. The van der Waals surface area contributed by atoms with Crippen molar-refractivity contribution < 1.29 is 4.52 Å². The van der Waals surface area contributed by atoms with Crippen LogP contribution < -0.4 is 5.73 Å². The third-order valence-electron chi connectivity index (χ3n) is 3.41. The van der Waals surface area contributed by atoms with Crippen LogP contribution in [0.1, 0.15) is 37.8 Å². The molecule has 0 bridgehead atoms. The fourth-order valence-electron chi connectivity index (χ4n) is 1.86. The molecule has 1 heterocycles. The second-order valence-corrected chi connectivity index (χ2v) is 5.74. The third-order valence-corrected chi connectivity index (χ3v) is 3.91. The Kier molecular flexibility index (Phi) is 4.37. The SMILES string of the molecule is CC[C@H](C)[C@H](N)c1nc(-c2ccc(Br)cc2C)no1. The van der Waals surface area contributed by atoms with E-state index in [4.69, 9.17) is 10.3 Å². The lowest BCUT2D eigenvalue weighted by Gasteiger charge is -2.13. The molecular weight excluding hydrogens is 306 g/mol. The van der Waals surface area contributed by atoms with Gasteiger partial charge in [0.25, 0.3) is 0 Å². The number of benzene rings is 1. The highest BCUT2D eigenvalue weighted by atomic mass is 79.9. The maximum atomic E-state index is 6.10. The lowest BCUT2D eigenvalue weighted by atomic mass is 10.0. The summed E-state index contributed by atoms with van der Waals surface area (Å²) in [4.78, 5) is 4.42. The molecule has 0 saturated carbocycles. The van der Waals surface area contributed by atoms with Gasteiger partial charge in [0.15, 0.2) is 0 Å². The van der Waals surface area contributed by atoms with E-state index in [2.05, 4.69) is 39.9 Å². The van der Waals surface area contributed by atoms with Gasteiger partial charge in [-0.05, 0) is 36.6 Å². The summed E-state index contributed by atoms with van der Waals surface area (Å²) in [5, 5.41) is 4.03. The molecule has 2 aromatic rings. The van der Waals surface area contributed by atoms with Crippen molar-refractivity contribution in [3.8, 4) is 11.4 Å². The Hall–Kier alpha value is -1.20. The highest BCUT2D eigenvalue weighted by Crippen LogP contribution is 2.26. The molecule has 19 heavy (non-hydrogen) atoms. The highest BCUT2D eigenvalue weighted by molar-refractivity contribution is 9.10. The van der Waals surface area contributed by atoms with Crippen molar-refractivity contribution in [1.82, 2.24) is 10.1 Å². The molecule has 102 valence electrons. The summed E-state index contributed by atoms with van der Waals surface area (Å²) in [5.41, 5.74) is 8.16. The third kappa shape index (κ3) is 3.04. The smallest absolute Gasteiger partial charge is 0.244 e. The minimum atomic E-state index is -0.206. The van der Waals surface area contributed by atoms with Gasteiger partial charge < -0.3 is 10.3 Å². The van der Waals surface area contributed by atoms with Crippen molar-refractivity contribution in [2.24, 2.45) is 11.7 Å². The van der Waals surface area contributed by atoms with Gasteiger partial charge in [-0.25, -0.2) is 0 Å². The molecule has 0 fully saturated rings. The van der Waals surface area contributed by atoms with Crippen molar-refractivity contribution >= 4 is 15.9 Å². The van der Waals surface area contributed by atoms with E-state index in [0.717, 1.165) is 22.0 Å². The van der Waals surface area contributed by atoms with Crippen LogP contribution in [0, 0.1) is 12.8 Å². The number of aromatic nitrogens is 2. The first kappa shape index (κ1) is 14.2. The minimum absolute atomic E-state index is 0.206. The number of halogens is 1. The summed E-state index contributed by atoms with van der Waals surface area (Å²) in [6.07, 6.45) is 0.982. The van der Waals surface area contributed by atoms with E-state index in [-0.39, 0.29) is 6.04 Å². The molecule has 0 aliphatic carbocycles. The maximum Gasteiger partial charge on any atom is 0.244 e. The molecule has 0 radical (unpaired) electrons. The summed E-state index contributed by atoms with van der Waals surface area (Å²) < 4.78 is 6.33. The molecule has 1 aromatic heterocycles. The van der Waals surface area contributed by atoms with Gasteiger partial charge in [-0.2, -0.15) is 4.98 Å². The van der Waals surface area contributed by atoms with Crippen molar-refractivity contribution in [3.05, 3.63) is 34.1 Å². The van der Waals surface area contributed by atoms with E-state index in [0.29, 0.717) is 17.6 Å². The molecule has 2 N–H and O–H groups in total. The normalized spacial score (nSPS) is 14.4. The first-order valence-electron chi connectivity index (χ1n) is 6.38. The lowest BCUT2D eigenvalue weighted by Crippen LogP contribution is -2.18. The Labute approximate surface area is 121 Å². The topological polar surface area (TPSA) is 64.9 Å². The fourth-order valence-corrected chi connectivity index (χ4v) is 2.33. The van der Waals surface area contributed by atoms with Gasteiger partial charge in [0.1, 0.15) is 0 Å². The summed E-state index contributed by atoms with van der Waals surface area (Å²) in [7, 11) is 0. The molecule has 2 atom stereocenters. The molecule has 2 rings (SSSR count). The zero-order valence-corrected chi connectivity index (χ0v) is 12.9. The second kappa shape index (κ2) is 5.84. The Balaban J connectivity index is 2.30. The van der Waals surface area contributed by atoms with Crippen LogP contribution >= 0.6 is 15.9 Å². The molecule has 0 spiro atoms. The molecule has 1 aromatic carbocycles. The number of hydrogen-bond acceptors (Lipinski definition) is 4. The van der Waals surface area contributed by atoms with E-state index in [9.17, 15) is 0 Å². The van der Waals surface area contributed by atoms with E-state index in [1.165, 1.54) is 0 Å². The van der Waals surface area contributed by atoms with E-state index < -0.39 is 0 Å². The van der Waals surface area contributed by atoms with Gasteiger partial charge in [-0.15, -0.1) is 0 Å². The monoisotopic (exact) mass is 323 g/mol. The Morgan fingerprint density at radius 2 is 2.16 bits per heavy atom. The fraction of sp³-hybridized carbons (Fsp3) is 0.429. The van der Waals surface area contributed by atoms with Crippen LogP contribution in [0.5, 0.6) is 0 Å². The molecule has 4 nitrogen and oxygen atoms in total. The van der Waals surface area contributed by atoms with E-state index in [1.54, 1.807) is 0 Å². The van der Waals surface area contributed by atoms with Gasteiger partial charge in [-0.3, -0.25) is 0 Å². The zero-order valence-electron chi connectivity index (χ0n) is 11.4. The average molecular weight is 324 g/mol. The van der Waals surface area contributed by atoms with E-state index >= 15 is 0 Å². The zero-order chi connectivity index (χ0) is 14.0. The van der Waals surface area contributed by atoms with Gasteiger partial charge in [0, 0.05) is 10.0 Å². The van der Waals surface area contributed by atoms with Crippen molar-refractivity contribution in [2.45, 2.75) is 33.2 Å². The maximum absolute atomic E-state index is 6.10. The van der Waals surface area contributed by atoms with Crippen LogP contribution in [-0.4, -0.2) is 10.1 Å². The molecule has 0 aliphatic heterocycles. The molecule has 0 aliphatic rings. The number of aryl methyl sites for hydroxylation is 1. The largest absolute Gasteiger partial charge is 0.337 e. The second-order valence-electron chi connectivity index (χ2n) is 4.83. The first-order chi connectivity index (χ1) is 9.02. The Morgan fingerprint density at radius 3 is 2.79 bits per heavy atom. The lowest BCUT2D eigenvalue weighted by molar-refractivity contribution is 0.312. The molecule has 5 heteroatoms. The summed E-state index contributed by atoms with van der Waals surface area (Å²) >= 11 is 3.44. The predicted octanol–water partition coefficient (Wildman–Crippen LogP) is 3.85. The number of nitrogens with zero attached hydrogens (tertiary/aromatic N) is 2. The highest BCUT2D eigenvalue weighted by Gasteiger charge is 2.20. The van der Waals surface area contributed by atoms with Crippen LogP contribution in [0.15, 0.2) is 27.2 Å². The minimum Gasteiger partial charge on any atom is -0.337 e.